The molecule has 0 bridgehead atoms. The number of rotatable bonds is 3. The monoisotopic (exact) mass is 255 g/mol. The molecule has 19 heavy (non-hydrogen) atoms. The first-order chi connectivity index (χ1) is 9.13. The smallest absolute Gasteiger partial charge is 0.273 e. The number of nitrogens with two attached hydrogens (primary N) is 1. The van der Waals surface area contributed by atoms with Gasteiger partial charge in [-0.3, -0.25) is 4.79 Å². The second-order valence-corrected chi connectivity index (χ2v) is 4.08. The number of carbonyl (C=O) groups is 1. The number of aromatic nitrogens is 2. The number of hydrogen-bond donors (Lipinski definition) is 1. The highest BCUT2D eigenvalue weighted by atomic mass is 16.2. The molecule has 1 amide bonds. The molecular formula is C13H13N5O. The first-order valence-corrected chi connectivity index (χ1v) is 5.78. The van der Waals surface area contributed by atoms with E-state index in [1.165, 1.54) is 4.90 Å². The van der Waals surface area contributed by atoms with Crippen LogP contribution < -0.4 is 5.73 Å². The predicted molar refractivity (Wildman–Crippen MR) is 71.1 cm³/mol. The van der Waals surface area contributed by atoms with Gasteiger partial charge >= 0.3 is 0 Å². The normalized spacial score (nSPS) is 10.1. The molecule has 2 rings (SSSR count). The molecule has 0 unspecified atom stereocenters. The summed E-state index contributed by atoms with van der Waals surface area (Å²) in [4.78, 5) is 21.8. The Morgan fingerprint density at radius 1 is 1.42 bits per heavy atom. The number of nitrogen functional groups attached to an aromatic ring is 1. The van der Waals surface area contributed by atoms with E-state index in [2.05, 4.69) is 9.97 Å². The number of nitriles is 1. The van der Waals surface area contributed by atoms with Crippen molar-refractivity contribution in [1.29, 1.82) is 5.26 Å². The summed E-state index contributed by atoms with van der Waals surface area (Å²) in [6, 6.07) is 9.19. The summed E-state index contributed by atoms with van der Waals surface area (Å²) in [5, 5.41) is 9.21. The van der Waals surface area contributed by atoms with E-state index in [1.807, 2.05) is 18.2 Å². The van der Waals surface area contributed by atoms with Crippen molar-refractivity contribution in [1.82, 2.24) is 14.9 Å². The molecule has 0 spiro atoms. The van der Waals surface area contributed by atoms with Crippen LogP contribution in [0.2, 0.25) is 0 Å². The molecule has 0 aliphatic heterocycles. The zero-order chi connectivity index (χ0) is 13.8. The molecule has 0 fully saturated rings. The summed E-state index contributed by atoms with van der Waals surface area (Å²) >= 11 is 0. The summed E-state index contributed by atoms with van der Waals surface area (Å²) in [7, 11) is 1.63. The van der Waals surface area contributed by atoms with E-state index in [0.29, 0.717) is 17.4 Å². The lowest BCUT2D eigenvalue weighted by atomic mass is 10.1. The van der Waals surface area contributed by atoms with Crippen LogP contribution in [0.15, 0.2) is 24.3 Å². The van der Waals surface area contributed by atoms with Crippen LogP contribution in [0.3, 0.4) is 0 Å². The molecule has 6 heteroatoms. The van der Waals surface area contributed by atoms with E-state index in [0.717, 1.165) is 0 Å². The molecule has 96 valence electrons. The van der Waals surface area contributed by atoms with Crippen LogP contribution in [0, 0.1) is 11.3 Å². The van der Waals surface area contributed by atoms with E-state index >= 15 is 0 Å². The maximum absolute atomic E-state index is 12.3. The van der Waals surface area contributed by atoms with E-state index in [4.69, 9.17) is 11.0 Å². The van der Waals surface area contributed by atoms with Gasteiger partial charge in [-0.05, 0) is 6.07 Å². The van der Waals surface area contributed by atoms with Crippen LogP contribution in [0.1, 0.15) is 16.9 Å². The van der Waals surface area contributed by atoms with Crippen molar-refractivity contribution < 1.29 is 4.79 Å². The second-order valence-electron chi connectivity index (χ2n) is 4.08. The molecule has 0 saturated heterocycles. The Balaban J connectivity index is 2.44. The fourth-order valence-electron chi connectivity index (χ4n) is 1.76. The highest BCUT2D eigenvalue weighted by Gasteiger charge is 2.17. The summed E-state index contributed by atoms with van der Waals surface area (Å²) in [5.74, 6) is -0.198. The molecule has 0 aliphatic carbocycles. The quantitative estimate of drug-likeness (QED) is 0.888. The van der Waals surface area contributed by atoms with Crippen molar-refractivity contribution in [2.45, 2.75) is 6.42 Å². The lowest BCUT2D eigenvalue weighted by molar-refractivity contribution is 0.0794. The molecule has 2 aromatic rings. The number of para-hydroxylation sites is 1. The van der Waals surface area contributed by atoms with E-state index in [-0.39, 0.29) is 24.0 Å². The van der Waals surface area contributed by atoms with Gasteiger partial charge in [0.15, 0.2) is 0 Å². The Morgan fingerprint density at radius 2 is 2.16 bits per heavy atom. The number of carbonyl (C=O) groups excluding carboxylic acids is 1. The third kappa shape index (κ3) is 2.60. The van der Waals surface area contributed by atoms with Gasteiger partial charge in [0.25, 0.3) is 5.91 Å². The van der Waals surface area contributed by atoms with Crippen molar-refractivity contribution in [2.24, 2.45) is 0 Å². The zero-order valence-corrected chi connectivity index (χ0v) is 10.5. The van der Waals surface area contributed by atoms with Gasteiger partial charge in [0.1, 0.15) is 5.69 Å². The standard InChI is InChI=1S/C13H13N5O/c1-18(8-4-7-14)12(19)11-9-5-2-3-6-10(9)16-13(15)17-11/h2-3,5-6H,4,8H2,1H3,(H2,15,16,17). The lowest BCUT2D eigenvalue weighted by Gasteiger charge is -2.16. The molecular weight excluding hydrogens is 242 g/mol. The number of fused-ring (bicyclic) bond motifs is 1. The van der Waals surface area contributed by atoms with Gasteiger partial charge in [0.2, 0.25) is 5.95 Å². The largest absolute Gasteiger partial charge is 0.368 e. The van der Waals surface area contributed by atoms with Crippen molar-refractivity contribution >= 4 is 22.8 Å². The van der Waals surface area contributed by atoms with Crippen LogP contribution in [-0.2, 0) is 0 Å². The van der Waals surface area contributed by atoms with E-state index in [1.54, 1.807) is 19.2 Å². The molecule has 0 aliphatic rings. The molecule has 0 atom stereocenters. The summed E-state index contributed by atoms with van der Waals surface area (Å²) < 4.78 is 0. The summed E-state index contributed by atoms with van der Waals surface area (Å²) in [6.45, 7) is 0.355. The molecule has 0 saturated carbocycles. The van der Waals surface area contributed by atoms with Crippen molar-refractivity contribution in [3.05, 3.63) is 30.0 Å². The minimum absolute atomic E-state index is 0.0655. The third-order valence-corrected chi connectivity index (χ3v) is 2.73. The summed E-state index contributed by atoms with van der Waals surface area (Å²) in [5.41, 5.74) is 6.52. The lowest BCUT2D eigenvalue weighted by Crippen LogP contribution is -2.28. The Morgan fingerprint density at radius 3 is 2.89 bits per heavy atom. The maximum Gasteiger partial charge on any atom is 0.273 e. The fraction of sp³-hybridized carbons (Fsp3) is 0.231. The van der Waals surface area contributed by atoms with Gasteiger partial charge in [-0.15, -0.1) is 0 Å². The van der Waals surface area contributed by atoms with Crippen molar-refractivity contribution in [3.8, 4) is 6.07 Å². The number of hydrogen-bond acceptors (Lipinski definition) is 5. The molecule has 1 aromatic carbocycles. The van der Waals surface area contributed by atoms with Crippen molar-refractivity contribution in [2.75, 3.05) is 19.3 Å². The zero-order valence-electron chi connectivity index (χ0n) is 10.5. The van der Waals surface area contributed by atoms with Crippen LogP contribution in [0.25, 0.3) is 10.9 Å². The van der Waals surface area contributed by atoms with Crippen LogP contribution >= 0.6 is 0 Å². The van der Waals surface area contributed by atoms with Crippen molar-refractivity contribution in [3.63, 3.8) is 0 Å². The van der Waals surface area contributed by atoms with Gasteiger partial charge < -0.3 is 10.6 Å². The number of benzene rings is 1. The van der Waals surface area contributed by atoms with Crippen LogP contribution in [-0.4, -0.2) is 34.4 Å². The van der Waals surface area contributed by atoms with Gasteiger partial charge in [-0.25, -0.2) is 9.97 Å². The molecule has 0 radical (unpaired) electrons. The topological polar surface area (TPSA) is 95.9 Å². The predicted octanol–water partition coefficient (Wildman–Crippen LogP) is 1.20. The maximum atomic E-state index is 12.3. The SMILES string of the molecule is CN(CCC#N)C(=O)c1nc(N)nc2ccccc12. The number of amides is 1. The Kier molecular flexibility index (Phi) is 3.57. The number of nitrogens with zero attached hydrogens (tertiary/aromatic N) is 4. The van der Waals surface area contributed by atoms with Gasteiger partial charge in [-0.1, -0.05) is 18.2 Å². The van der Waals surface area contributed by atoms with Crippen LogP contribution in [0.5, 0.6) is 0 Å². The van der Waals surface area contributed by atoms with Crippen LogP contribution in [0.4, 0.5) is 5.95 Å². The Bertz CT molecular complexity index is 662. The second kappa shape index (κ2) is 5.31. The fourth-order valence-corrected chi connectivity index (χ4v) is 1.76. The average molecular weight is 255 g/mol. The molecule has 1 aromatic heterocycles. The minimum atomic E-state index is -0.263. The highest BCUT2D eigenvalue weighted by Crippen LogP contribution is 2.17. The third-order valence-electron chi connectivity index (χ3n) is 2.73. The first kappa shape index (κ1) is 12.8. The summed E-state index contributed by atoms with van der Waals surface area (Å²) in [6.07, 6.45) is 0.279. The molecule has 2 N–H and O–H groups in total. The minimum Gasteiger partial charge on any atom is -0.368 e. The Labute approximate surface area is 110 Å². The molecule has 6 nitrogen and oxygen atoms in total. The Hall–Kier alpha value is -2.68. The van der Waals surface area contributed by atoms with E-state index < -0.39 is 0 Å². The van der Waals surface area contributed by atoms with Gasteiger partial charge in [0.05, 0.1) is 18.0 Å². The first-order valence-electron chi connectivity index (χ1n) is 5.78. The van der Waals surface area contributed by atoms with Gasteiger partial charge in [0, 0.05) is 19.0 Å². The van der Waals surface area contributed by atoms with E-state index in [9.17, 15) is 4.79 Å². The number of anilines is 1. The highest BCUT2D eigenvalue weighted by molar-refractivity contribution is 6.04. The molecule has 1 heterocycles. The van der Waals surface area contributed by atoms with Gasteiger partial charge in [-0.2, -0.15) is 5.26 Å². The average Bonchev–Trinajstić information content (AvgIpc) is 2.42.